The third-order valence-electron chi connectivity index (χ3n) is 3.40. The number of halogens is 3. The first-order chi connectivity index (χ1) is 8.84. The minimum Gasteiger partial charge on any atom is -0.468 e. The lowest BCUT2D eigenvalue weighted by molar-refractivity contribution is -0.144. The van der Waals surface area contributed by atoms with E-state index in [9.17, 15) is 18.0 Å². The Morgan fingerprint density at radius 2 is 2.21 bits per heavy atom. The van der Waals surface area contributed by atoms with Crippen LogP contribution in [-0.4, -0.2) is 22.9 Å². The fourth-order valence-corrected chi connectivity index (χ4v) is 2.57. The molecule has 1 aromatic heterocycles. The van der Waals surface area contributed by atoms with Crippen molar-refractivity contribution >= 4 is 5.97 Å². The number of hydrogen-bond acceptors (Lipinski definition) is 3. The highest BCUT2D eigenvalue weighted by molar-refractivity contribution is 5.69. The van der Waals surface area contributed by atoms with Gasteiger partial charge in [-0.25, -0.2) is 0 Å². The molecule has 2 rings (SSSR count). The SMILES string of the molecule is COC(=O)Cn1nc(C(F)(F)F)c2c1C(C)CCC2. The number of fused-ring (bicyclic) bond motifs is 1. The molecule has 1 unspecified atom stereocenters. The van der Waals surface area contributed by atoms with Crippen LogP contribution in [0.2, 0.25) is 0 Å². The van der Waals surface area contributed by atoms with Crippen molar-refractivity contribution in [2.24, 2.45) is 0 Å². The maximum absolute atomic E-state index is 12.9. The molecule has 106 valence electrons. The van der Waals surface area contributed by atoms with E-state index in [0.29, 0.717) is 18.5 Å². The minimum absolute atomic E-state index is 0.0305. The topological polar surface area (TPSA) is 44.1 Å². The summed E-state index contributed by atoms with van der Waals surface area (Å²) in [6.45, 7) is 1.58. The van der Waals surface area contributed by atoms with E-state index >= 15 is 0 Å². The Kier molecular flexibility index (Phi) is 3.56. The fraction of sp³-hybridized carbons (Fsp3) is 0.667. The van der Waals surface area contributed by atoms with Crippen molar-refractivity contribution in [1.29, 1.82) is 0 Å². The van der Waals surface area contributed by atoms with Crippen LogP contribution >= 0.6 is 0 Å². The van der Waals surface area contributed by atoms with Gasteiger partial charge in [-0.3, -0.25) is 9.48 Å². The second-order valence-corrected chi connectivity index (χ2v) is 4.74. The molecule has 1 aromatic rings. The van der Waals surface area contributed by atoms with Gasteiger partial charge >= 0.3 is 12.1 Å². The van der Waals surface area contributed by atoms with Crippen LogP contribution in [0.4, 0.5) is 13.2 Å². The van der Waals surface area contributed by atoms with E-state index in [1.165, 1.54) is 7.11 Å². The highest BCUT2D eigenvalue weighted by atomic mass is 19.4. The van der Waals surface area contributed by atoms with Crippen molar-refractivity contribution in [3.63, 3.8) is 0 Å². The van der Waals surface area contributed by atoms with Gasteiger partial charge in [0, 0.05) is 11.3 Å². The molecule has 0 spiro atoms. The monoisotopic (exact) mass is 276 g/mol. The third-order valence-corrected chi connectivity index (χ3v) is 3.40. The molecule has 0 saturated carbocycles. The predicted molar refractivity (Wildman–Crippen MR) is 60.6 cm³/mol. The number of aromatic nitrogens is 2. The zero-order chi connectivity index (χ0) is 14.2. The average molecular weight is 276 g/mol. The molecule has 0 fully saturated rings. The molecule has 19 heavy (non-hydrogen) atoms. The number of hydrogen-bond donors (Lipinski definition) is 0. The standard InChI is InChI=1S/C12H15F3N2O2/c1-7-4-3-5-8-10(7)17(6-9(18)19-2)16-11(8)12(13,14)15/h7H,3-6H2,1-2H3. The Balaban J connectivity index is 2.49. The molecule has 0 aromatic carbocycles. The van der Waals surface area contributed by atoms with Crippen molar-refractivity contribution in [3.05, 3.63) is 17.0 Å². The summed E-state index contributed by atoms with van der Waals surface area (Å²) in [5, 5.41) is 3.59. The number of ether oxygens (including phenoxy) is 1. The molecule has 1 aliphatic rings. The minimum atomic E-state index is -4.48. The molecule has 0 radical (unpaired) electrons. The molecule has 1 aliphatic carbocycles. The first kappa shape index (κ1) is 13.9. The Morgan fingerprint density at radius 1 is 1.53 bits per heavy atom. The van der Waals surface area contributed by atoms with Crippen LogP contribution in [0.15, 0.2) is 0 Å². The van der Waals surface area contributed by atoms with Gasteiger partial charge in [0.1, 0.15) is 6.54 Å². The summed E-state index contributed by atoms with van der Waals surface area (Å²) in [5.41, 5.74) is -0.114. The Labute approximate surface area is 108 Å². The summed E-state index contributed by atoms with van der Waals surface area (Å²) in [5.74, 6) is -0.631. The lowest BCUT2D eigenvalue weighted by Crippen LogP contribution is -2.18. The largest absolute Gasteiger partial charge is 0.468 e. The number of rotatable bonds is 2. The molecule has 4 nitrogen and oxygen atoms in total. The normalized spacial score (nSPS) is 19.1. The maximum atomic E-state index is 12.9. The molecule has 0 N–H and O–H groups in total. The first-order valence-corrected chi connectivity index (χ1v) is 6.08. The molecule has 7 heteroatoms. The van der Waals surface area contributed by atoms with E-state index in [-0.39, 0.29) is 18.0 Å². The first-order valence-electron chi connectivity index (χ1n) is 6.08. The highest BCUT2D eigenvalue weighted by Gasteiger charge is 2.40. The molecule has 0 aliphatic heterocycles. The number of alkyl halides is 3. The van der Waals surface area contributed by atoms with Crippen molar-refractivity contribution in [2.45, 2.75) is 44.8 Å². The number of carbonyl (C=O) groups is 1. The van der Waals surface area contributed by atoms with Crippen molar-refractivity contribution in [2.75, 3.05) is 7.11 Å². The lowest BCUT2D eigenvalue weighted by atomic mass is 9.87. The quantitative estimate of drug-likeness (QED) is 0.780. The van der Waals surface area contributed by atoms with Gasteiger partial charge in [0.15, 0.2) is 5.69 Å². The number of carbonyl (C=O) groups excluding carboxylic acids is 1. The van der Waals surface area contributed by atoms with E-state index in [1.807, 2.05) is 6.92 Å². The van der Waals surface area contributed by atoms with Crippen LogP contribution in [0.5, 0.6) is 0 Å². The molecule has 0 bridgehead atoms. The molecular formula is C12H15F3N2O2. The summed E-state index contributed by atoms with van der Waals surface area (Å²) in [7, 11) is 1.20. The Hall–Kier alpha value is -1.53. The van der Waals surface area contributed by atoms with Crippen LogP contribution in [0.1, 0.15) is 42.6 Å². The summed E-state index contributed by atoms with van der Waals surface area (Å²) >= 11 is 0. The molecule has 0 saturated heterocycles. The van der Waals surface area contributed by atoms with Crippen LogP contribution in [0.3, 0.4) is 0 Å². The summed E-state index contributed by atoms with van der Waals surface area (Å²) in [6, 6.07) is 0. The lowest BCUT2D eigenvalue weighted by Gasteiger charge is -2.21. The number of methoxy groups -OCH3 is 1. The van der Waals surface area contributed by atoms with Gasteiger partial charge in [0.2, 0.25) is 0 Å². The van der Waals surface area contributed by atoms with E-state index in [4.69, 9.17) is 0 Å². The van der Waals surface area contributed by atoms with Crippen molar-refractivity contribution < 1.29 is 22.7 Å². The second kappa shape index (κ2) is 4.86. The van der Waals surface area contributed by atoms with Gasteiger partial charge in [-0.05, 0) is 25.2 Å². The van der Waals surface area contributed by atoms with Crippen LogP contribution < -0.4 is 0 Å². The Morgan fingerprint density at radius 3 is 2.79 bits per heavy atom. The summed E-state index contributed by atoms with van der Waals surface area (Å²) in [4.78, 5) is 11.3. The average Bonchev–Trinajstić information content (AvgIpc) is 2.69. The number of nitrogens with zero attached hydrogens (tertiary/aromatic N) is 2. The zero-order valence-electron chi connectivity index (χ0n) is 10.8. The smallest absolute Gasteiger partial charge is 0.435 e. The zero-order valence-corrected chi connectivity index (χ0v) is 10.8. The molecule has 1 heterocycles. The van der Waals surface area contributed by atoms with Gasteiger partial charge in [-0.15, -0.1) is 0 Å². The maximum Gasteiger partial charge on any atom is 0.435 e. The molecular weight excluding hydrogens is 261 g/mol. The Bertz CT molecular complexity index is 494. The van der Waals surface area contributed by atoms with Gasteiger partial charge in [0.25, 0.3) is 0 Å². The third kappa shape index (κ3) is 2.59. The summed E-state index contributed by atoms with van der Waals surface area (Å²) in [6.07, 6.45) is -2.61. The number of esters is 1. The van der Waals surface area contributed by atoms with E-state index in [2.05, 4.69) is 9.84 Å². The highest BCUT2D eigenvalue weighted by Crippen LogP contribution is 2.39. The van der Waals surface area contributed by atoms with Crippen molar-refractivity contribution in [3.8, 4) is 0 Å². The second-order valence-electron chi connectivity index (χ2n) is 4.74. The van der Waals surface area contributed by atoms with Crippen molar-refractivity contribution in [1.82, 2.24) is 9.78 Å². The summed E-state index contributed by atoms with van der Waals surface area (Å²) < 4.78 is 44.5. The van der Waals surface area contributed by atoms with Crippen LogP contribution in [0.25, 0.3) is 0 Å². The predicted octanol–water partition coefficient (Wildman–Crippen LogP) is 2.51. The van der Waals surface area contributed by atoms with Gasteiger partial charge in [-0.1, -0.05) is 6.92 Å². The van der Waals surface area contributed by atoms with Crippen LogP contribution in [-0.2, 0) is 28.7 Å². The van der Waals surface area contributed by atoms with Gasteiger partial charge < -0.3 is 4.74 Å². The van der Waals surface area contributed by atoms with Gasteiger partial charge in [0.05, 0.1) is 7.11 Å². The van der Waals surface area contributed by atoms with E-state index in [1.54, 1.807) is 0 Å². The van der Waals surface area contributed by atoms with Gasteiger partial charge in [-0.2, -0.15) is 18.3 Å². The van der Waals surface area contributed by atoms with E-state index in [0.717, 1.165) is 11.1 Å². The fourth-order valence-electron chi connectivity index (χ4n) is 2.57. The van der Waals surface area contributed by atoms with E-state index < -0.39 is 17.8 Å². The van der Waals surface area contributed by atoms with Crippen LogP contribution in [0, 0.1) is 0 Å². The molecule has 0 amide bonds. The molecule has 1 atom stereocenters.